The van der Waals surface area contributed by atoms with Gasteiger partial charge >= 0.3 is 0 Å². The van der Waals surface area contributed by atoms with Crippen LogP contribution in [0.4, 0.5) is 0 Å². The van der Waals surface area contributed by atoms with Crippen LogP contribution in [0.3, 0.4) is 0 Å². The van der Waals surface area contributed by atoms with E-state index in [2.05, 4.69) is 20.3 Å². The van der Waals surface area contributed by atoms with Gasteiger partial charge in [-0.3, -0.25) is 9.59 Å². The zero-order chi connectivity index (χ0) is 15.7. The minimum Gasteiger partial charge on any atom is -0.342 e. The lowest BCUT2D eigenvalue weighted by Crippen LogP contribution is -2.28. The Bertz CT molecular complexity index is 861. The third kappa shape index (κ3) is 2.63. The minimum absolute atomic E-state index is 0.223. The summed E-state index contributed by atoms with van der Waals surface area (Å²) in [5, 5.41) is 2.88. The predicted molar refractivity (Wildman–Crippen MR) is 83.8 cm³/mol. The highest BCUT2D eigenvalue weighted by Gasteiger charge is 2.16. The molecule has 2 aromatic heterocycles. The van der Waals surface area contributed by atoms with Crippen molar-refractivity contribution in [2.45, 2.75) is 19.9 Å². The molecular formula is C16H16N4O2. The molecular weight excluding hydrogens is 280 g/mol. The first kappa shape index (κ1) is 14.1. The summed E-state index contributed by atoms with van der Waals surface area (Å²) in [5.41, 5.74) is 2.65. The fourth-order valence-electron chi connectivity index (χ4n) is 2.34. The zero-order valence-electron chi connectivity index (χ0n) is 12.3. The molecule has 1 aromatic carbocycles. The molecule has 112 valence electrons. The van der Waals surface area contributed by atoms with Crippen molar-refractivity contribution in [3.05, 3.63) is 63.8 Å². The van der Waals surface area contributed by atoms with Crippen LogP contribution in [0.25, 0.3) is 11.0 Å². The van der Waals surface area contributed by atoms with E-state index < -0.39 is 0 Å². The van der Waals surface area contributed by atoms with Gasteiger partial charge < -0.3 is 15.3 Å². The standard InChI is InChI=1S/C16H16N4O2/c1-9-7-14(21)17-8-11(9)16(22)18-10(2)15-19-12-5-3-4-6-13(12)20-15/h3-8,10H,1-2H3,(H,17,21)(H,18,22)(H,19,20)/t10-/m0/s1. The Labute approximate surface area is 126 Å². The Kier molecular flexibility index (Phi) is 3.50. The van der Waals surface area contributed by atoms with Gasteiger partial charge in [-0.2, -0.15) is 0 Å². The van der Waals surface area contributed by atoms with Gasteiger partial charge in [-0.15, -0.1) is 0 Å². The number of hydrogen-bond acceptors (Lipinski definition) is 3. The van der Waals surface area contributed by atoms with E-state index in [0.717, 1.165) is 11.0 Å². The van der Waals surface area contributed by atoms with Gasteiger partial charge in [0, 0.05) is 12.3 Å². The lowest BCUT2D eigenvalue weighted by atomic mass is 10.1. The van der Waals surface area contributed by atoms with Crippen LogP contribution in [0.15, 0.2) is 41.3 Å². The molecule has 0 saturated carbocycles. The third-order valence-electron chi connectivity index (χ3n) is 3.54. The number of fused-ring (bicyclic) bond motifs is 1. The number of amides is 1. The number of hydrogen-bond donors (Lipinski definition) is 3. The molecule has 6 nitrogen and oxygen atoms in total. The summed E-state index contributed by atoms with van der Waals surface area (Å²) < 4.78 is 0. The van der Waals surface area contributed by atoms with E-state index in [1.165, 1.54) is 12.3 Å². The first-order valence-electron chi connectivity index (χ1n) is 6.99. The van der Waals surface area contributed by atoms with E-state index in [1.54, 1.807) is 6.92 Å². The van der Waals surface area contributed by atoms with Crippen molar-refractivity contribution < 1.29 is 4.79 Å². The summed E-state index contributed by atoms with van der Waals surface area (Å²) in [5.74, 6) is 0.443. The highest BCUT2D eigenvalue weighted by Crippen LogP contribution is 2.16. The Morgan fingerprint density at radius 3 is 2.82 bits per heavy atom. The van der Waals surface area contributed by atoms with Gasteiger partial charge in [0.05, 0.1) is 22.6 Å². The van der Waals surface area contributed by atoms with Crippen molar-refractivity contribution in [1.82, 2.24) is 20.3 Å². The second-order valence-electron chi connectivity index (χ2n) is 5.23. The number of aromatic amines is 2. The van der Waals surface area contributed by atoms with Gasteiger partial charge in [0.1, 0.15) is 5.82 Å². The van der Waals surface area contributed by atoms with Gasteiger partial charge in [0.2, 0.25) is 5.56 Å². The van der Waals surface area contributed by atoms with Crippen LogP contribution < -0.4 is 10.9 Å². The molecule has 22 heavy (non-hydrogen) atoms. The van der Waals surface area contributed by atoms with Crippen LogP contribution in [0.5, 0.6) is 0 Å². The summed E-state index contributed by atoms with van der Waals surface area (Å²) in [6.45, 7) is 3.59. The summed E-state index contributed by atoms with van der Waals surface area (Å²) in [6, 6.07) is 8.83. The minimum atomic E-state index is -0.272. The number of nitrogens with one attached hydrogen (secondary N) is 3. The van der Waals surface area contributed by atoms with Crippen LogP contribution in [0.1, 0.15) is 34.7 Å². The molecule has 0 aliphatic heterocycles. The van der Waals surface area contributed by atoms with E-state index in [4.69, 9.17) is 0 Å². The second-order valence-corrected chi connectivity index (χ2v) is 5.23. The SMILES string of the molecule is Cc1cc(=O)[nH]cc1C(=O)N[C@@H](C)c1nc2ccccc2[nH]1. The van der Waals surface area contributed by atoms with Crippen molar-refractivity contribution in [1.29, 1.82) is 0 Å². The quantitative estimate of drug-likeness (QED) is 0.691. The van der Waals surface area contributed by atoms with E-state index in [1.807, 2.05) is 31.2 Å². The first-order valence-corrected chi connectivity index (χ1v) is 6.99. The molecule has 3 rings (SSSR count). The Morgan fingerprint density at radius 2 is 2.09 bits per heavy atom. The molecule has 2 heterocycles. The highest BCUT2D eigenvalue weighted by molar-refractivity contribution is 5.95. The average molecular weight is 296 g/mol. The lowest BCUT2D eigenvalue weighted by molar-refractivity contribution is 0.0937. The molecule has 6 heteroatoms. The summed E-state index contributed by atoms with van der Waals surface area (Å²) >= 11 is 0. The molecule has 0 bridgehead atoms. The van der Waals surface area contributed by atoms with Gasteiger partial charge in [0.15, 0.2) is 0 Å². The molecule has 3 N–H and O–H groups in total. The zero-order valence-corrected chi connectivity index (χ0v) is 12.3. The first-order chi connectivity index (χ1) is 10.5. The summed E-state index contributed by atoms with van der Waals surface area (Å²) in [6.07, 6.45) is 1.43. The van der Waals surface area contributed by atoms with Crippen molar-refractivity contribution >= 4 is 16.9 Å². The maximum absolute atomic E-state index is 12.3. The Hall–Kier alpha value is -2.89. The molecule has 0 saturated heterocycles. The molecule has 0 spiro atoms. The number of pyridine rings is 1. The number of aryl methyl sites for hydroxylation is 1. The van der Waals surface area contributed by atoms with E-state index in [-0.39, 0.29) is 17.5 Å². The second kappa shape index (κ2) is 5.48. The van der Waals surface area contributed by atoms with Gasteiger partial charge in [-0.05, 0) is 31.5 Å². The third-order valence-corrected chi connectivity index (χ3v) is 3.54. The molecule has 0 fully saturated rings. The molecule has 0 unspecified atom stereocenters. The van der Waals surface area contributed by atoms with Crippen molar-refractivity contribution in [2.24, 2.45) is 0 Å². The van der Waals surface area contributed by atoms with Gasteiger partial charge in [-0.25, -0.2) is 4.98 Å². The number of nitrogens with zero attached hydrogens (tertiary/aromatic N) is 1. The lowest BCUT2D eigenvalue weighted by Gasteiger charge is -2.12. The molecule has 1 atom stereocenters. The van der Waals surface area contributed by atoms with Crippen LogP contribution >= 0.6 is 0 Å². The predicted octanol–water partition coefficient (Wildman–Crippen LogP) is 2.05. The number of carbonyl (C=O) groups is 1. The Morgan fingerprint density at radius 1 is 1.32 bits per heavy atom. The molecule has 0 aliphatic carbocycles. The number of para-hydroxylation sites is 2. The van der Waals surface area contributed by atoms with Crippen molar-refractivity contribution in [2.75, 3.05) is 0 Å². The highest BCUT2D eigenvalue weighted by atomic mass is 16.2. The van der Waals surface area contributed by atoms with E-state index >= 15 is 0 Å². The smallest absolute Gasteiger partial charge is 0.253 e. The average Bonchev–Trinajstić information content (AvgIpc) is 2.91. The monoisotopic (exact) mass is 296 g/mol. The number of H-pyrrole nitrogens is 2. The van der Waals surface area contributed by atoms with Crippen molar-refractivity contribution in [3.63, 3.8) is 0 Å². The van der Waals surface area contributed by atoms with Crippen LogP contribution in [-0.2, 0) is 0 Å². The molecule has 0 aliphatic rings. The van der Waals surface area contributed by atoms with Crippen LogP contribution in [0.2, 0.25) is 0 Å². The van der Waals surface area contributed by atoms with Crippen LogP contribution in [0, 0.1) is 6.92 Å². The Balaban J connectivity index is 1.82. The topological polar surface area (TPSA) is 90.6 Å². The van der Waals surface area contributed by atoms with Gasteiger partial charge in [-0.1, -0.05) is 12.1 Å². The normalized spacial score (nSPS) is 12.3. The summed E-state index contributed by atoms with van der Waals surface area (Å²) in [7, 11) is 0. The molecule has 0 radical (unpaired) electrons. The number of imidazole rings is 1. The number of rotatable bonds is 3. The van der Waals surface area contributed by atoms with E-state index in [9.17, 15) is 9.59 Å². The maximum atomic E-state index is 12.3. The largest absolute Gasteiger partial charge is 0.342 e. The fourth-order valence-corrected chi connectivity index (χ4v) is 2.34. The number of aromatic nitrogens is 3. The van der Waals surface area contributed by atoms with Gasteiger partial charge in [0.25, 0.3) is 5.91 Å². The van der Waals surface area contributed by atoms with Crippen LogP contribution in [-0.4, -0.2) is 20.9 Å². The number of carbonyl (C=O) groups excluding carboxylic acids is 1. The van der Waals surface area contributed by atoms with Crippen molar-refractivity contribution in [3.8, 4) is 0 Å². The molecule has 1 amide bonds. The number of benzene rings is 1. The summed E-state index contributed by atoms with van der Waals surface area (Å²) in [4.78, 5) is 33.7. The van der Waals surface area contributed by atoms with E-state index in [0.29, 0.717) is 17.0 Å². The molecule has 3 aromatic rings. The fraction of sp³-hybridized carbons (Fsp3) is 0.188. The maximum Gasteiger partial charge on any atom is 0.253 e.